The lowest BCUT2D eigenvalue weighted by molar-refractivity contribution is -0.122. The van der Waals surface area contributed by atoms with Crippen LogP contribution < -0.4 is 10.2 Å². The van der Waals surface area contributed by atoms with Crippen molar-refractivity contribution in [3.63, 3.8) is 0 Å². The van der Waals surface area contributed by atoms with Gasteiger partial charge in [-0.3, -0.25) is 14.6 Å². The maximum Gasteiger partial charge on any atom is 0.229 e. The summed E-state index contributed by atoms with van der Waals surface area (Å²) in [6, 6.07) is 9.47. The molecule has 5 nitrogen and oxygen atoms in total. The molecule has 1 aromatic heterocycles. The summed E-state index contributed by atoms with van der Waals surface area (Å²) >= 11 is 0. The number of aryl methyl sites for hydroxylation is 2. The smallest absolute Gasteiger partial charge is 0.229 e. The van der Waals surface area contributed by atoms with Crippen LogP contribution in [0, 0.1) is 19.8 Å². The molecule has 1 atom stereocenters. The zero-order chi connectivity index (χ0) is 16.4. The Labute approximate surface area is 135 Å². The number of anilines is 2. The van der Waals surface area contributed by atoms with Gasteiger partial charge >= 0.3 is 0 Å². The molecule has 0 radical (unpaired) electrons. The number of pyridine rings is 1. The van der Waals surface area contributed by atoms with Gasteiger partial charge < -0.3 is 10.2 Å². The minimum absolute atomic E-state index is 0.0143. The van der Waals surface area contributed by atoms with Crippen LogP contribution in [0.1, 0.15) is 17.5 Å². The lowest BCUT2D eigenvalue weighted by atomic mass is 10.1. The predicted octanol–water partition coefficient (Wildman–Crippen LogP) is 2.69. The zero-order valence-corrected chi connectivity index (χ0v) is 13.2. The van der Waals surface area contributed by atoms with Gasteiger partial charge in [-0.15, -0.1) is 0 Å². The molecule has 0 saturated carbocycles. The van der Waals surface area contributed by atoms with Crippen molar-refractivity contribution in [2.75, 3.05) is 16.8 Å². The Bertz CT molecular complexity index is 743. The predicted molar refractivity (Wildman–Crippen MR) is 89.2 cm³/mol. The van der Waals surface area contributed by atoms with Crippen LogP contribution >= 0.6 is 0 Å². The third-order valence-electron chi connectivity index (χ3n) is 4.23. The molecule has 0 bridgehead atoms. The zero-order valence-electron chi connectivity index (χ0n) is 13.2. The highest BCUT2D eigenvalue weighted by Crippen LogP contribution is 2.27. The number of amides is 2. The Hall–Kier alpha value is -2.69. The molecule has 1 aliphatic heterocycles. The molecule has 0 aliphatic carbocycles. The number of nitrogens with zero attached hydrogens (tertiary/aromatic N) is 2. The number of hydrogen-bond acceptors (Lipinski definition) is 3. The number of nitrogens with one attached hydrogen (secondary N) is 1. The molecule has 2 aromatic rings. The van der Waals surface area contributed by atoms with Gasteiger partial charge in [-0.2, -0.15) is 0 Å². The first-order valence-electron chi connectivity index (χ1n) is 7.63. The van der Waals surface area contributed by atoms with Crippen LogP contribution in [0.3, 0.4) is 0 Å². The molecule has 0 spiro atoms. The van der Waals surface area contributed by atoms with Crippen molar-refractivity contribution in [3.8, 4) is 0 Å². The molecule has 1 N–H and O–H groups in total. The second-order valence-electron chi connectivity index (χ2n) is 5.90. The molecule has 1 aromatic carbocycles. The van der Waals surface area contributed by atoms with Gasteiger partial charge in [-0.1, -0.05) is 6.07 Å². The Morgan fingerprint density at radius 2 is 2.09 bits per heavy atom. The molecule has 2 amide bonds. The number of carbonyl (C=O) groups excluding carboxylic acids is 2. The van der Waals surface area contributed by atoms with E-state index in [0.29, 0.717) is 12.2 Å². The Kier molecular flexibility index (Phi) is 4.10. The monoisotopic (exact) mass is 309 g/mol. The normalized spacial score (nSPS) is 17.4. The number of carbonyl (C=O) groups is 2. The molecule has 23 heavy (non-hydrogen) atoms. The number of benzene rings is 1. The second-order valence-corrected chi connectivity index (χ2v) is 5.90. The van der Waals surface area contributed by atoms with Gasteiger partial charge in [0.15, 0.2) is 0 Å². The Morgan fingerprint density at radius 3 is 2.78 bits per heavy atom. The van der Waals surface area contributed by atoms with Crippen molar-refractivity contribution in [1.82, 2.24) is 4.98 Å². The molecule has 5 heteroatoms. The van der Waals surface area contributed by atoms with E-state index in [1.54, 1.807) is 29.4 Å². The van der Waals surface area contributed by atoms with Crippen LogP contribution in [-0.2, 0) is 9.59 Å². The van der Waals surface area contributed by atoms with Gasteiger partial charge in [-0.25, -0.2) is 0 Å². The first kappa shape index (κ1) is 15.2. The van der Waals surface area contributed by atoms with Crippen molar-refractivity contribution in [2.45, 2.75) is 20.3 Å². The highest BCUT2D eigenvalue weighted by molar-refractivity contribution is 6.03. The van der Waals surface area contributed by atoms with Crippen molar-refractivity contribution in [2.24, 2.45) is 5.92 Å². The molecule has 2 heterocycles. The highest BCUT2D eigenvalue weighted by atomic mass is 16.2. The maximum absolute atomic E-state index is 12.3. The third-order valence-corrected chi connectivity index (χ3v) is 4.23. The molecule has 1 aliphatic rings. The molecular weight excluding hydrogens is 290 g/mol. The van der Waals surface area contributed by atoms with Crippen LogP contribution in [0.2, 0.25) is 0 Å². The van der Waals surface area contributed by atoms with E-state index in [2.05, 4.69) is 10.3 Å². The van der Waals surface area contributed by atoms with Gasteiger partial charge in [0.25, 0.3) is 0 Å². The molecule has 3 rings (SSSR count). The van der Waals surface area contributed by atoms with Gasteiger partial charge in [0.1, 0.15) is 0 Å². The van der Waals surface area contributed by atoms with E-state index in [1.165, 1.54) is 5.56 Å². The summed E-state index contributed by atoms with van der Waals surface area (Å²) in [6.07, 6.45) is 3.48. The van der Waals surface area contributed by atoms with E-state index in [9.17, 15) is 9.59 Å². The largest absolute Gasteiger partial charge is 0.324 e. The Balaban J connectivity index is 1.71. The van der Waals surface area contributed by atoms with Gasteiger partial charge in [-0.05, 0) is 49.2 Å². The fraction of sp³-hybridized carbons (Fsp3) is 0.278. The molecular formula is C18H19N3O2. The van der Waals surface area contributed by atoms with Gasteiger partial charge in [0.05, 0.1) is 17.8 Å². The number of hydrogen-bond donors (Lipinski definition) is 1. The van der Waals surface area contributed by atoms with Crippen molar-refractivity contribution < 1.29 is 9.59 Å². The van der Waals surface area contributed by atoms with Crippen LogP contribution in [-0.4, -0.2) is 23.3 Å². The average molecular weight is 309 g/mol. The third kappa shape index (κ3) is 3.23. The van der Waals surface area contributed by atoms with Crippen LogP contribution in [0.25, 0.3) is 0 Å². The SMILES string of the molecule is Cc1ccc(N2C[C@H](C(=O)Nc3cccnc3)CC2=O)cc1C. The van der Waals surface area contributed by atoms with E-state index in [1.807, 2.05) is 32.0 Å². The quantitative estimate of drug-likeness (QED) is 0.948. The van der Waals surface area contributed by atoms with Crippen molar-refractivity contribution >= 4 is 23.2 Å². The van der Waals surface area contributed by atoms with E-state index in [-0.39, 0.29) is 24.2 Å². The van der Waals surface area contributed by atoms with Crippen LogP contribution in [0.15, 0.2) is 42.7 Å². The van der Waals surface area contributed by atoms with Crippen LogP contribution in [0.5, 0.6) is 0 Å². The first-order chi connectivity index (χ1) is 11.0. The summed E-state index contributed by atoms with van der Waals surface area (Å²) in [7, 11) is 0. The van der Waals surface area contributed by atoms with E-state index in [0.717, 1.165) is 11.3 Å². The summed E-state index contributed by atoms with van der Waals surface area (Å²) in [4.78, 5) is 30.3. The van der Waals surface area contributed by atoms with Crippen LogP contribution in [0.4, 0.5) is 11.4 Å². The van der Waals surface area contributed by atoms with Gasteiger partial charge in [0, 0.05) is 24.8 Å². The van der Waals surface area contributed by atoms with E-state index >= 15 is 0 Å². The fourth-order valence-corrected chi connectivity index (χ4v) is 2.71. The number of rotatable bonds is 3. The Morgan fingerprint density at radius 1 is 1.26 bits per heavy atom. The lowest BCUT2D eigenvalue weighted by Crippen LogP contribution is -2.28. The minimum atomic E-state index is -0.343. The molecule has 1 saturated heterocycles. The molecule has 0 unspecified atom stereocenters. The number of aromatic nitrogens is 1. The molecule has 118 valence electrons. The average Bonchev–Trinajstić information content (AvgIpc) is 2.93. The lowest BCUT2D eigenvalue weighted by Gasteiger charge is -2.18. The van der Waals surface area contributed by atoms with Crippen molar-refractivity contribution in [3.05, 3.63) is 53.9 Å². The summed E-state index contributed by atoms with van der Waals surface area (Å²) in [6.45, 7) is 4.47. The highest BCUT2D eigenvalue weighted by Gasteiger charge is 2.35. The van der Waals surface area contributed by atoms with Crippen molar-refractivity contribution in [1.29, 1.82) is 0 Å². The second kappa shape index (κ2) is 6.20. The summed E-state index contributed by atoms with van der Waals surface area (Å²) in [5, 5.41) is 2.82. The topological polar surface area (TPSA) is 62.3 Å². The summed E-state index contributed by atoms with van der Waals surface area (Å²) < 4.78 is 0. The summed E-state index contributed by atoms with van der Waals surface area (Å²) in [5.74, 6) is -0.499. The van der Waals surface area contributed by atoms with Gasteiger partial charge in [0.2, 0.25) is 11.8 Å². The maximum atomic E-state index is 12.3. The van der Waals surface area contributed by atoms with E-state index in [4.69, 9.17) is 0 Å². The standard InChI is InChI=1S/C18H19N3O2/c1-12-5-6-16(8-13(12)2)21-11-14(9-17(21)22)18(23)20-15-4-3-7-19-10-15/h3-8,10,14H,9,11H2,1-2H3,(H,20,23)/t14-/m1/s1. The van der Waals surface area contributed by atoms with E-state index < -0.39 is 0 Å². The minimum Gasteiger partial charge on any atom is -0.324 e. The summed E-state index contributed by atoms with van der Waals surface area (Å²) in [5.41, 5.74) is 3.83. The molecule has 1 fully saturated rings. The fourth-order valence-electron chi connectivity index (χ4n) is 2.71. The first-order valence-corrected chi connectivity index (χ1v) is 7.63.